The lowest BCUT2D eigenvalue weighted by Gasteiger charge is -2.40. The summed E-state index contributed by atoms with van der Waals surface area (Å²) in [6, 6.07) is 0. The first-order valence-electron chi connectivity index (χ1n) is 3.22. The van der Waals surface area contributed by atoms with Crippen molar-refractivity contribution in [2.75, 3.05) is 0 Å². The second-order valence-corrected chi connectivity index (χ2v) is 2.84. The molecule has 0 aromatic heterocycles. The molecule has 0 aromatic rings. The van der Waals surface area contributed by atoms with Crippen LogP contribution in [0.3, 0.4) is 0 Å². The Morgan fingerprint density at radius 2 is 1.78 bits per heavy atom. The first-order valence-corrected chi connectivity index (χ1v) is 3.22. The molecule has 0 N–H and O–H groups in total. The van der Waals surface area contributed by atoms with Crippen LogP contribution < -0.4 is 0 Å². The predicted molar refractivity (Wildman–Crippen MR) is 31.2 cm³/mol. The average Bonchev–Trinajstić information content (AvgIpc) is 1.57. The summed E-state index contributed by atoms with van der Waals surface area (Å²) in [5.41, 5.74) is 0. The van der Waals surface area contributed by atoms with Crippen LogP contribution in [0.2, 0.25) is 5.82 Å². The van der Waals surface area contributed by atoms with Crippen LogP contribution in [-0.2, 0) is 0 Å². The van der Waals surface area contributed by atoms with Crippen LogP contribution in [0.15, 0.2) is 0 Å². The molecule has 0 aliphatic heterocycles. The highest BCUT2D eigenvalue weighted by atomic mass is 19.4. The van der Waals surface area contributed by atoms with Crippen LogP contribution >= 0.6 is 0 Å². The van der Waals surface area contributed by atoms with Crippen molar-refractivity contribution in [1.82, 2.24) is 0 Å². The average molecular weight is 137 g/mol. The van der Waals surface area contributed by atoms with Gasteiger partial charge in [-0.15, -0.1) is 0 Å². The molecule has 1 fully saturated rings. The van der Waals surface area contributed by atoms with Crippen molar-refractivity contribution in [3.05, 3.63) is 0 Å². The van der Waals surface area contributed by atoms with E-state index >= 15 is 0 Å². The summed E-state index contributed by atoms with van der Waals surface area (Å²) in [6.07, 6.45) is 1.12. The third-order valence-electron chi connectivity index (χ3n) is 2.17. The zero-order chi connectivity index (χ0) is 7.07. The van der Waals surface area contributed by atoms with E-state index in [4.69, 9.17) is 0 Å². The summed E-state index contributed by atoms with van der Waals surface area (Å²) in [6.45, 7) is -2.85. The van der Waals surface area contributed by atoms with E-state index in [1.165, 1.54) is 0 Å². The fourth-order valence-corrected chi connectivity index (χ4v) is 1.25. The Bertz CT molecular complexity index is 109. The van der Waals surface area contributed by atoms with E-state index in [1.807, 2.05) is 0 Å². The number of hydrogen-bond donors (Lipinski definition) is 0. The Kier molecular flexibility index (Phi) is 1.49. The highest BCUT2D eigenvalue weighted by Crippen LogP contribution is 2.47. The molecule has 0 amide bonds. The maximum Gasteiger partial charge on any atom is 0.481 e. The van der Waals surface area contributed by atoms with Gasteiger partial charge in [0.15, 0.2) is 0 Å². The van der Waals surface area contributed by atoms with Crippen molar-refractivity contribution in [2.45, 2.75) is 25.6 Å². The molecule has 0 heterocycles. The Labute approximate surface area is 52.5 Å². The van der Waals surface area contributed by atoms with E-state index < -0.39 is 12.8 Å². The van der Waals surface area contributed by atoms with Crippen molar-refractivity contribution in [2.24, 2.45) is 5.92 Å². The molecular formula is C5H9BF3-. The molecule has 4 heteroatoms. The summed E-state index contributed by atoms with van der Waals surface area (Å²) < 4.78 is 35.4. The maximum atomic E-state index is 11.8. The number of hydrogen-bond acceptors (Lipinski definition) is 0. The van der Waals surface area contributed by atoms with Gasteiger partial charge in [0.05, 0.1) is 0 Å². The quantitative estimate of drug-likeness (QED) is 0.487. The van der Waals surface area contributed by atoms with Gasteiger partial charge in [-0.25, -0.2) is 0 Å². The zero-order valence-corrected chi connectivity index (χ0v) is 5.28. The summed E-state index contributed by atoms with van der Waals surface area (Å²) in [5, 5.41) is 0. The molecule has 0 nitrogen and oxygen atoms in total. The molecule has 0 spiro atoms. The topological polar surface area (TPSA) is 0 Å². The Morgan fingerprint density at radius 3 is 1.78 bits per heavy atom. The van der Waals surface area contributed by atoms with E-state index in [2.05, 4.69) is 0 Å². The standard InChI is InChI=1S/C5H9BF3/c1-4-2-3-5(4)6(7,8)9/h4-5H,2-3H2,1H3/q-1. The molecular weight excluding hydrogens is 128 g/mol. The maximum absolute atomic E-state index is 11.8. The van der Waals surface area contributed by atoms with Crippen LogP contribution in [0.1, 0.15) is 19.8 Å². The molecule has 0 aromatic carbocycles. The van der Waals surface area contributed by atoms with Crippen molar-refractivity contribution < 1.29 is 12.9 Å². The van der Waals surface area contributed by atoms with Gasteiger partial charge in [0.2, 0.25) is 0 Å². The Morgan fingerprint density at radius 1 is 1.22 bits per heavy atom. The molecule has 1 aliphatic carbocycles. The minimum Gasteiger partial charge on any atom is -0.449 e. The van der Waals surface area contributed by atoms with Gasteiger partial charge in [-0.3, -0.25) is 0 Å². The predicted octanol–water partition coefficient (Wildman–Crippen LogP) is 2.63. The molecule has 0 bridgehead atoms. The highest BCUT2D eigenvalue weighted by molar-refractivity contribution is 6.60. The molecule has 2 atom stereocenters. The van der Waals surface area contributed by atoms with Crippen LogP contribution in [0.4, 0.5) is 12.9 Å². The van der Waals surface area contributed by atoms with Gasteiger partial charge < -0.3 is 12.9 Å². The third kappa shape index (κ3) is 1.22. The second-order valence-electron chi connectivity index (χ2n) is 2.84. The smallest absolute Gasteiger partial charge is 0.449 e. The summed E-state index contributed by atoms with van der Waals surface area (Å²) in [7, 11) is 0. The molecule has 2 unspecified atom stereocenters. The minimum atomic E-state index is -4.52. The van der Waals surface area contributed by atoms with Crippen molar-refractivity contribution in [1.29, 1.82) is 0 Å². The van der Waals surface area contributed by atoms with Crippen LogP contribution in [0, 0.1) is 5.92 Å². The van der Waals surface area contributed by atoms with Crippen molar-refractivity contribution >= 4 is 6.98 Å². The highest BCUT2D eigenvalue weighted by Gasteiger charge is 2.42. The fraction of sp³-hybridized carbons (Fsp3) is 1.00. The van der Waals surface area contributed by atoms with Crippen molar-refractivity contribution in [3.63, 3.8) is 0 Å². The molecule has 1 aliphatic rings. The molecule has 0 saturated heterocycles. The molecule has 54 valence electrons. The minimum absolute atomic E-state index is 0.106. The van der Waals surface area contributed by atoms with E-state index in [9.17, 15) is 12.9 Å². The molecule has 1 saturated carbocycles. The van der Waals surface area contributed by atoms with E-state index in [0.717, 1.165) is 6.42 Å². The van der Waals surface area contributed by atoms with Gasteiger partial charge in [0.1, 0.15) is 0 Å². The van der Waals surface area contributed by atoms with E-state index in [1.54, 1.807) is 6.92 Å². The zero-order valence-electron chi connectivity index (χ0n) is 5.28. The van der Waals surface area contributed by atoms with Gasteiger partial charge in [-0.2, -0.15) is 0 Å². The van der Waals surface area contributed by atoms with Gasteiger partial charge in [0, 0.05) is 0 Å². The number of rotatable bonds is 1. The Balaban J connectivity index is 2.44. The Hall–Kier alpha value is -0.145. The first-order chi connectivity index (χ1) is 4.02. The molecule has 0 radical (unpaired) electrons. The monoisotopic (exact) mass is 137 g/mol. The summed E-state index contributed by atoms with van der Waals surface area (Å²) in [4.78, 5) is 0. The molecule has 1 rings (SSSR count). The van der Waals surface area contributed by atoms with Gasteiger partial charge in [-0.05, 0) is 0 Å². The van der Waals surface area contributed by atoms with Gasteiger partial charge >= 0.3 is 6.98 Å². The van der Waals surface area contributed by atoms with E-state index in [0.29, 0.717) is 6.42 Å². The van der Waals surface area contributed by atoms with Crippen LogP contribution in [-0.4, -0.2) is 6.98 Å². The third-order valence-corrected chi connectivity index (χ3v) is 2.17. The lowest BCUT2D eigenvalue weighted by molar-refractivity contribution is 0.268. The molecule has 9 heavy (non-hydrogen) atoms. The van der Waals surface area contributed by atoms with Crippen LogP contribution in [0.25, 0.3) is 0 Å². The SMILES string of the molecule is CC1CCC1[B-](F)(F)F. The first kappa shape index (κ1) is 6.97. The number of halogens is 3. The second kappa shape index (κ2) is 1.92. The van der Waals surface area contributed by atoms with E-state index in [-0.39, 0.29) is 5.92 Å². The normalized spacial score (nSPS) is 36.0. The summed E-state index contributed by atoms with van der Waals surface area (Å²) >= 11 is 0. The lowest BCUT2D eigenvalue weighted by atomic mass is 9.55. The fourth-order valence-electron chi connectivity index (χ4n) is 1.25. The van der Waals surface area contributed by atoms with Gasteiger partial charge in [0.25, 0.3) is 0 Å². The van der Waals surface area contributed by atoms with Gasteiger partial charge in [-0.1, -0.05) is 31.5 Å². The lowest BCUT2D eigenvalue weighted by Crippen LogP contribution is -2.35. The largest absolute Gasteiger partial charge is 0.481 e. The van der Waals surface area contributed by atoms with Crippen LogP contribution in [0.5, 0.6) is 0 Å². The van der Waals surface area contributed by atoms with Crippen molar-refractivity contribution in [3.8, 4) is 0 Å². The summed E-state index contributed by atoms with van der Waals surface area (Å²) in [5.74, 6) is -1.05.